The van der Waals surface area contributed by atoms with E-state index in [4.69, 9.17) is 14.7 Å². The number of carbonyl (C=O) groups excluding carboxylic acids is 1. The fraction of sp³-hybridized carbons (Fsp3) is 0.438. The first-order valence-electron chi connectivity index (χ1n) is 8.37. The molecule has 0 aliphatic rings. The lowest BCUT2D eigenvalue weighted by molar-refractivity contribution is -0.118. The number of amides is 1. The van der Waals surface area contributed by atoms with E-state index in [1.165, 1.54) is 11.8 Å². The van der Waals surface area contributed by atoms with Crippen LogP contribution in [0.3, 0.4) is 0 Å². The number of aromatic nitrogens is 5. The zero-order valence-electron chi connectivity index (χ0n) is 14.4. The van der Waals surface area contributed by atoms with Gasteiger partial charge in [0.25, 0.3) is 0 Å². The summed E-state index contributed by atoms with van der Waals surface area (Å²) in [5, 5.41) is 13.0. The van der Waals surface area contributed by atoms with E-state index in [0.717, 1.165) is 19.3 Å². The van der Waals surface area contributed by atoms with Crippen molar-refractivity contribution < 1.29 is 13.7 Å². The van der Waals surface area contributed by atoms with Crippen molar-refractivity contribution in [1.29, 1.82) is 0 Å². The Morgan fingerprint density at radius 1 is 1.38 bits per heavy atom. The van der Waals surface area contributed by atoms with Gasteiger partial charge in [0.05, 0.1) is 12.0 Å². The topological polar surface area (TPSA) is 126 Å². The number of rotatable bonds is 10. The van der Waals surface area contributed by atoms with Crippen LogP contribution in [0.25, 0.3) is 11.6 Å². The van der Waals surface area contributed by atoms with Crippen molar-refractivity contribution in [1.82, 2.24) is 24.9 Å². The largest absolute Gasteiger partial charge is 0.461 e. The van der Waals surface area contributed by atoms with Gasteiger partial charge >= 0.3 is 0 Å². The quantitative estimate of drug-likeness (QED) is 0.535. The number of nitrogens with zero attached hydrogens (tertiary/aromatic N) is 5. The van der Waals surface area contributed by atoms with E-state index in [1.54, 1.807) is 18.4 Å². The van der Waals surface area contributed by atoms with Crippen LogP contribution in [-0.4, -0.2) is 30.8 Å². The van der Waals surface area contributed by atoms with Gasteiger partial charge in [-0.15, -0.1) is 10.2 Å². The van der Waals surface area contributed by atoms with Crippen LogP contribution in [0.5, 0.6) is 0 Å². The van der Waals surface area contributed by atoms with Crippen LogP contribution in [-0.2, 0) is 23.5 Å². The molecule has 2 N–H and O–H groups in total. The molecular weight excluding hydrogens is 356 g/mol. The van der Waals surface area contributed by atoms with Gasteiger partial charge in [0.2, 0.25) is 11.8 Å². The van der Waals surface area contributed by atoms with E-state index >= 15 is 0 Å². The first-order chi connectivity index (χ1) is 12.7. The third-order valence-corrected chi connectivity index (χ3v) is 4.58. The van der Waals surface area contributed by atoms with Gasteiger partial charge in [-0.05, 0) is 18.6 Å². The lowest BCUT2D eigenvalue weighted by atomic mass is 10.2. The Bertz CT molecular complexity index is 842. The number of carbonyl (C=O) groups is 1. The molecule has 0 saturated carbocycles. The molecule has 0 saturated heterocycles. The van der Waals surface area contributed by atoms with Crippen molar-refractivity contribution >= 4 is 17.7 Å². The zero-order valence-corrected chi connectivity index (χ0v) is 15.2. The summed E-state index contributed by atoms with van der Waals surface area (Å²) in [5.74, 6) is 2.45. The highest BCUT2D eigenvalue weighted by molar-refractivity contribution is 7.98. The van der Waals surface area contributed by atoms with Gasteiger partial charge in [0.1, 0.15) is 0 Å². The highest BCUT2D eigenvalue weighted by atomic mass is 32.2. The molecule has 0 spiro atoms. The van der Waals surface area contributed by atoms with Crippen molar-refractivity contribution in [3.05, 3.63) is 30.1 Å². The Morgan fingerprint density at radius 3 is 3.00 bits per heavy atom. The molecule has 0 radical (unpaired) electrons. The standard InChI is InChI=1S/C16H20N6O3S/c1-2-3-6-13-18-14(25-21-13)10-26-16-20-19-15(11-5-4-9-24-11)22(16)8-7-12(17)23/h4-5,9H,2-3,6-8,10H2,1H3,(H2,17,23). The molecule has 0 unspecified atom stereocenters. The summed E-state index contributed by atoms with van der Waals surface area (Å²) in [6, 6.07) is 3.56. The maximum absolute atomic E-state index is 11.2. The first-order valence-corrected chi connectivity index (χ1v) is 9.35. The second-order valence-electron chi connectivity index (χ2n) is 5.65. The van der Waals surface area contributed by atoms with E-state index in [0.29, 0.717) is 40.8 Å². The van der Waals surface area contributed by atoms with E-state index in [1.807, 2.05) is 4.57 Å². The lowest BCUT2D eigenvalue weighted by Gasteiger charge is -2.06. The Kier molecular flexibility index (Phi) is 6.05. The molecular formula is C16H20N6O3S. The maximum Gasteiger partial charge on any atom is 0.237 e. The number of hydrogen-bond donors (Lipinski definition) is 1. The zero-order chi connectivity index (χ0) is 18.4. The molecule has 3 aromatic rings. The first kappa shape index (κ1) is 18.2. The second kappa shape index (κ2) is 8.65. The molecule has 0 fully saturated rings. The molecule has 3 heterocycles. The van der Waals surface area contributed by atoms with Crippen LogP contribution >= 0.6 is 11.8 Å². The highest BCUT2D eigenvalue weighted by Gasteiger charge is 2.18. The third-order valence-electron chi connectivity index (χ3n) is 3.63. The molecule has 10 heteroatoms. The Balaban J connectivity index is 1.72. The minimum absolute atomic E-state index is 0.182. The van der Waals surface area contributed by atoms with Crippen LogP contribution in [0, 0.1) is 0 Å². The molecule has 3 aromatic heterocycles. The second-order valence-corrected chi connectivity index (χ2v) is 6.59. The summed E-state index contributed by atoms with van der Waals surface area (Å²) in [6.45, 7) is 2.48. The Labute approximate surface area is 154 Å². The number of hydrogen-bond acceptors (Lipinski definition) is 8. The van der Waals surface area contributed by atoms with Crippen LogP contribution in [0.1, 0.15) is 37.9 Å². The molecule has 138 valence electrons. The third kappa shape index (κ3) is 4.51. The summed E-state index contributed by atoms with van der Waals surface area (Å²) in [6.07, 6.45) is 4.66. The molecule has 1 amide bonds. The summed E-state index contributed by atoms with van der Waals surface area (Å²) < 4.78 is 12.5. The summed E-state index contributed by atoms with van der Waals surface area (Å²) in [4.78, 5) is 15.6. The number of furan rings is 1. The highest BCUT2D eigenvalue weighted by Crippen LogP contribution is 2.26. The number of primary amides is 1. The van der Waals surface area contributed by atoms with Gasteiger partial charge < -0.3 is 14.7 Å². The fourth-order valence-corrected chi connectivity index (χ4v) is 3.12. The van der Waals surface area contributed by atoms with Crippen molar-refractivity contribution in [2.45, 2.75) is 50.1 Å². The molecule has 26 heavy (non-hydrogen) atoms. The number of thioether (sulfide) groups is 1. The smallest absolute Gasteiger partial charge is 0.237 e. The Hall–Kier alpha value is -2.62. The number of aryl methyl sites for hydroxylation is 1. The van der Waals surface area contributed by atoms with Crippen molar-refractivity contribution in [2.75, 3.05) is 0 Å². The van der Waals surface area contributed by atoms with Gasteiger partial charge in [-0.2, -0.15) is 4.98 Å². The minimum atomic E-state index is -0.391. The Morgan fingerprint density at radius 2 is 2.27 bits per heavy atom. The van der Waals surface area contributed by atoms with Crippen molar-refractivity contribution in [3.63, 3.8) is 0 Å². The molecule has 3 rings (SSSR count). The number of nitrogens with two attached hydrogens (primary N) is 1. The normalized spacial score (nSPS) is 11.1. The van der Waals surface area contributed by atoms with Crippen LogP contribution in [0.15, 0.2) is 32.5 Å². The van der Waals surface area contributed by atoms with Gasteiger partial charge in [-0.1, -0.05) is 30.3 Å². The SMILES string of the molecule is CCCCc1noc(CSc2nnc(-c3ccco3)n2CCC(N)=O)n1. The predicted octanol–water partition coefficient (Wildman–Crippen LogP) is 2.43. The predicted molar refractivity (Wildman–Crippen MR) is 94.0 cm³/mol. The molecule has 0 aliphatic heterocycles. The monoisotopic (exact) mass is 376 g/mol. The van der Waals surface area contributed by atoms with Crippen molar-refractivity contribution in [2.24, 2.45) is 5.73 Å². The maximum atomic E-state index is 11.2. The van der Waals surface area contributed by atoms with E-state index in [2.05, 4.69) is 27.3 Å². The molecule has 0 aromatic carbocycles. The molecule has 0 aliphatic carbocycles. The van der Waals surface area contributed by atoms with Gasteiger partial charge in [0, 0.05) is 19.4 Å². The van der Waals surface area contributed by atoms with Crippen molar-refractivity contribution in [3.8, 4) is 11.6 Å². The molecule has 0 bridgehead atoms. The average molecular weight is 376 g/mol. The van der Waals surface area contributed by atoms with E-state index in [-0.39, 0.29) is 6.42 Å². The van der Waals surface area contributed by atoms with Crippen LogP contribution < -0.4 is 5.73 Å². The summed E-state index contributed by atoms with van der Waals surface area (Å²) in [7, 11) is 0. The fourth-order valence-electron chi connectivity index (χ4n) is 2.32. The van der Waals surface area contributed by atoms with Crippen LogP contribution in [0.2, 0.25) is 0 Å². The average Bonchev–Trinajstić information content (AvgIpc) is 3.36. The number of unbranched alkanes of at least 4 members (excludes halogenated alkanes) is 1. The van der Waals surface area contributed by atoms with Gasteiger partial charge in [-0.3, -0.25) is 9.36 Å². The van der Waals surface area contributed by atoms with Crippen LogP contribution in [0.4, 0.5) is 0 Å². The molecule has 0 atom stereocenters. The van der Waals surface area contributed by atoms with Gasteiger partial charge in [-0.25, -0.2) is 0 Å². The summed E-state index contributed by atoms with van der Waals surface area (Å²) >= 11 is 1.41. The lowest BCUT2D eigenvalue weighted by Crippen LogP contribution is -2.15. The van der Waals surface area contributed by atoms with E-state index in [9.17, 15) is 4.79 Å². The minimum Gasteiger partial charge on any atom is -0.461 e. The molecule has 9 nitrogen and oxygen atoms in total. The van der Waals surface area contributed by atoms with E-state index < -0.39 is 5.91 Å². The van der Waals surface area contributed by atoms with Gasteiger partial charge in [0.15, 0.2) is 22.6 Å². The summed E-state index contributed by atoms with van der Waals surface area (Å²) in [5.41, 5.74) is 5.28.